The number of carboxylic acid groups (broad SMARTS) is 1. The molecule has 5 nitrogen and oxygen atoms in total. The second-order valence-corrected chi connectivity index (χ2v) is 3.89. The third-order valence-electron chi connectivity index (χ3n) is 2.52. The predicted octanol–water partition coefficient (Wildman–Crippen LogP) is 1.95. The molecule has 102 valence electrons. The number of hydrogen-bond acceptors (Lipinski definition) is 3. The quantitative estimate of drug-likeness (QED) is 0.607. The van der Waals surface area contributed by atoms with Crippen LogP contribution in [0.3, 0.4) is 0 Å². The molecule has 0 spiro atoms. The number of carbonyl (C=O) groups excluding carboxylic acids is 1. The lowest BCUT2D eigenvalue weighted by molar-refractivity contribution is -0.161. The zero-order chi connectivity index (χ0) is 14.3. The largest absolute Gasteiger partial charge is 0.477 e. The van der Waals surface area contributed by atoms with Crippen molar-refractivity contribution in [3.05, 3.63) is 42.5 Å². The number of aliphatic carboxylic acids is 1. The van der Waals surface area contributed by atoms with Gasteiger partial charge in [-0.25, -0.2) is 4.79 Å². The minimum Gasteiger partial charge on any atom is -0.477 e. The summed E-state index contributed by atoms with van der Waals surface area (Å²) in [5.41, 5.74) is -1.77. The molecule has 0 radical (unpaired) electrons. The molecule has 19 heavy (non-hydrogen) atoms. The van der Waals surface area contributed by atoms with Gasteiger partial charge >= 0.3 is 5.97 Å². The Labute approximate surface area is 111 Å². The first-order valence-corrected chi connectivity index (χ1v) is 5.96. The van der Waals surface area contributed by atoms with E-state index in [0.29, 0.717) is 5.75 Å². The highest BCUT2D eigenvalue weighted by Crippen LogP contribution is 2.19. The monoisotopic (exact) mass is 263 g/mol. The van der Waals surface area contributed by atoms with Crippen LogP contribution in [0.25, 0.3) is 0 Å². The predicted molar refractivity (Wildman–Crippen MR) is 70.7 cm³/mol. The molecule has 0 fully saturated rings. The van der Waals surface area contributed by atoms with E-state index < -0.39 is 17.6 Å². The summed E-state index contributed by atoms with van der Waals surface area (Å²) in [6.45, 7) is 3.30. The van der Waals surface area contributed by atoms with Gasteiger partial charge < -0.3 is 15.2 Å². The van der Waals surface area contributed by atoms with Crippen molar-refractivity contribution in [2.24, 2.45) is 0 Å². The minimum absolute atomic E-state index is 0.0977. The van der Waals surface area contributed by atoms with Gasteiger partial charge in [0.05, 0.1) is 0 Å². The Balaban J connectivity index is 2.99. The van der Waals surface area contributed by atoms with Crippen molar-refractivity contribution in [2.45, 2.75) is 26.0 Å². The van der Waals surface area contributed by atoms with Crippen molar-refractivity contribution < 1.29 is 19.4 Å². The van der Waals surface area contributed by atoms with Gasteiger partial charge in [-0.2, -0.15) is 0 Å². The van der Waals surface area contributed by atoms with Gasteiger partial charge in [-0.1, -0.05) is 31.2 Å². The number of rotatable bonds is 6. The normalized spacial score (nSPS) is 13.8. The third-order valence-corrected chi connectivity index (χ3v) is 2.52. The molecule has 1 atom stereocenters. The van der Waals surface area contributed by atoms with Gasteiger partial charge in [-0.05, 0) is 25.1 Å². The lowest BCUT2D eigenvalue weighted by atomic mass is 10.1. The third kappa shape index (κ3) is 3.84. The van der Waals surface area contributed by atoms with Crippen molar-refractivity contribution in [2.75, 3.05) is 0 Å². The van der Waals surface area contributed by atoms with Gasteiger partial charge in [0.15, 0.2) is 0 Å². The number of hydrogen-bond donors (Lipinski definition) is 2. The van der Waals surface area contributed by atoms with Gasteiger partial charge in [0.25, 0.3) is 5.72 Å². The van der Waals surface area contributed by atoms with E-state index in [4.69, 9.17) is 4.74 Å². The van der Waals surface area contributed by atoms with Crippen LogP contribution in [0.4, 0.5) is 0 Å². The number of allylic oxidation sites excluding steroid dienone is 1. The summed E-state index contributed by atoms with van der Waals surface area (Å²) < 4.78 is 5.46. The van der Waals surface area contributed by atoms with Crippen LogP contribution in [-0.4, -0.2) is 22.7 Å². The average molecular weight is 263 g/mol. The van der Waals surface area contributed by atoms with Crippen LogP contribution in [0.2, 0.25) is 0 Å². The highest BCUT2D eigenvalue weighted by atomic mass is 16.5. The molecule has 0 saturated heterocycles. The van der Waals surface area contributed by atoms with Crippen LogP contribution < -0.4 is 10.1 Å². The van der Waals surface area contributed by atoms with E-state index >= 15 is 0 Å². The number of carboxylic acids is 1. The first-order valence-electron chi connectivity index (χ1n) is 5.96. The summed E-state index contributed by atoms with van der Waals surface area (Å²) in [5, 5.41) is 11.7. The Morgan fingerprint density at radius 1 is 1.37 bits per heavy atom. The fraction of sp³-hybridized carbons (Fsp3) is 0.286. The molecule has 0 aliphatic rings. The maximum atomic E-state index is 11.6. The molecule has 1 unspecified atom stereocenters. The smallest absolute Gasteiger partial charge is 0.370 e. The molecule has 1 rings (SSSR count). The van der Waals surface area contributed by atoms with Gasteiger partial charge in [-0.15, -0.1) is 0 Å². The zero-order valence-electron chi connectivity index (χ0n) is 10.9. The zero-order valence-corrected chi connectivity index (χ0v) is 10.9. The van der Waals surface area contributed by atoms with Gasteiger partial charge in [-0.3, -0.25) is 4.79 Å². The first-order chi connectivity index (χ1) is 9.04. The summed E-state index contributed by atoms with van der Waals surface area (Å²) >= 11 is 0. The molecule has 0 aromatic heterocycles. The van der Waals surface area contributed by atoms with Gasteiger partial charge in [0.2, 0.25) is 5.91 Å². The van der Waals surface area contributed by atoms with Gasteiger partial charge in [0, 0.05) is 6.42 Å². The molecule has 0 heterocycles. The summed E-state index contributed by atoms with van der Waals surface area (Å²) in [4.78, 5) is 23.0. The Kier molecular flexibility index (Phi) is 5.11. The van der Waals surface area contributed by atoms with E-state index in [0.717, 1.165) is 0 Å². The molecule has 1 aromatic carbocycles. The van der Waals surface area contributed by atoms with Gasteiger partial charge in [0.1, 0.15) is 5.75 Å². The standard InChI is InChI=1S/C14H17NO4/c1-3-8-12(16)15-14(4-2,13(17)18)19-11-9-6-5-7-10-11/h3,5-10H,4H2,1-2H3,(H,15,16)(H,17,18)/b8-3-. The molecule has 0 saturated carbocycles. The highest BCUT2D eigenvalue weighted by Gasteiger charge is 2.40. The summed E-state index contributed by atoms with van der Waals surface area (Å²) in [6.07, 6.45) is 2.88. The Hall–Kier alpha value is -2.30. The SMILES string of the molecule is C/C=C\C(=O)NC(CC)(Oc1ccccc1)C(=O)O. The molecule has 0 aliphatic carbocycles. The fourth-order valence-corrected chi connectivity index (χ4v) is 1.52. The van der Waals surface area contributed by atoms with E-state index in [-0.39, 0.29) is 6.42 Å². The highest BCUT2D eigenvalue weighted by molar-refractivity contribution is 5.92. The molecule has 1 amide bonds. The van der Waals surface area contributed by atoms with Crippen LogP contribution in [0.15, 0.2) is 42.5 Å². The van der Waals surface area contributed by atoms with Crippen molar-refractivity contribution >= 4 is 11.9 Å². The number of amides is 1. The van der Waals surface area contributed by atoms with E-state index in [1.54, 1.807) is 44.2 Å². The Morgan fingerprint density at radius 3 is 2.47 bits per heavy atom. The summed E-state index contributed by atoms with van der Waals surface area (Å²) in [7, 11) is 0. The first kappa shape index (κ1) is 14.8. The summed E-state index contributed by atoms with van der Waals surface area (Å²) in [6, 6.07) is 8.51. The molecule has 1 aromatic rings. The van der Waals surface area contributed by atoms with E-state index in [2.05, 4.69) is 5.32 Å². The van der Waals surface area contributed by atoms with Crippen LogP contribution in [-0.2, 0) is 9.59 Å². The van der Waals surface area contributed by atoms with Crippen LogP contribution >= 0.6 is 0 Å². The van der Waals surface area contributed by atoms with Crippen molar-refractivity contribution in [1.29, 1.82) is 0 Å². The topological polar surface area (TPSA) is 75.6 Å². The molecule has 5 heteroatoms. The number of ether oxygens (including phenoxy) is 1. The molecular weight excluding hydrogens is 246 g/mol. The van der Waals surface area contributed by atoms with Crippen LogP contribution in [0.5, 0.6) is 5.75 Å². The van der Waals surface area contributed by atoms with E-state index in [1.165, 1.54) is 12.2 Å². The van der Waals surface area contributed by atoms with Crippen molar-refractivity contribution in [1.82, 2.24) is 5.32 Å². The maximum Gasteiger partial charge on any atom is 0.370 e. The molecule has 2 N–H and O–H groups in total. The van der Waals surface area contributed by atoms with E-state index in [1.807, 2.05) is 0 Å². The average Bonchev–Trinajstić information content (AvgIpc) is 2.39. The number of nitrogens with one attached hydrogen (secondary N) is 1. The summed E-state index contributed by atoms with van der Waals surface area (Å²) in [5.74, 6) is -1.37. The Bertz CT molecular complexity index is 470. The fourth-order valence-electron chi connectivity index (χ4n) is 1.52. The molecule has 0 aliphatic heterocycles. The van der Waals surface area contributed by atoms with Crippen molar-refractivity contribution in [3.8, 4) is 5.75 Å². The van der Waals surface area contributed by atoms with Crippen LogP contribution in [0.1, 0.15) is 20.3 Å². The second kappa shape index (κ2) is 6.58. The van der Waals surface area contributed by atoms with E-state index in [9.17, 15) is 14.7 Å². The number of para-hydroxylation sites is 1. The number of benzene rings is 1. The second-order valence-electron chi connectivity index (χ2n) is 3.89. The molecule has 0 bridgehead atoms. The van der Waals surface area contributed by atoms with Crippen LogP contribution in [0, 0.1) is 0 Å². The number of carbonyl (C=O) groups is 2. The molecular formula is C14H17NO4. The lowest BCUT2D eigenvalue weighted by Gasteiger charge is -2.29. The maximum absolute atomic E-state index is 11.6. The minimum atomic E-state index is -1.77. The Morgan fingerprint density at radius 2 is 2.00 bits per heavy atom. The van der Waals surface area contributed by atoms with Crippen molar-refractivity contribution in [3.63, 3.8) is 0 Å². The lowest BCUT2D eigenvalue weighted by Crippen LogP contribution is -2.58.